The van der Waals surface area contributed by atoms with Gasteiger partial charge in [-0.25, -0.2) is 0 Å². The summed E-state index contributed by atoms with van der Waals surface area (Å²) in [6.45, 7) is 0. The molecule has 3 heteroatoms. The highest BCUT2D eigenvalue weighted by atomic mass is 35.5. The first-order chi connectivity index (χ1) is 6.29. The van der Waals surface area contributed by atoms with Gasteiger partial charge in [-0.1, -0.05) is 30.3 Å². The Bertz CT molecular complexity index is 236. The first kappa shape index (κ1) is 10.5. The lowest BCUT2D eigenvalue weighted by molar-refractivity contribution is -0.198. The van der Waals surface area contributed by atoms with Crippen LogP contribution in [0.4, 0.5) is 0 Å². The number of alkyl halides is 1. The lowest BCUT2D eigenvalue weighted by Gasteiger charge is -2.28. The van der Waals surface area contributed by atoms with Gasteiger partial charge >= 0.3 is 0 Å². The van der Waals surface area contributed by atoms with Gasteiger partial charge in [0.25, 0.3) is 0 Å². The Morgan fingerprint density at radius 3 is 2.08 bits per heavy atom. The normalized spacial score (nSPS) is 11.6. The SMILES string of the molecule is COC(CCl)(OC)c1ccccc1. The molecule has 0 saturated heterocycles. The minimum Gasteiger partial charge on any atom is -0.348 e. The molecule has 0 unspecified atom stereocenters. The molecule has 0 aliphatic carbocycles. The fraction of sp³-hybridized carbons (Fsp3) is 0.400. The minimum atomic E-state index is -0.817. The van der Waals surface area contributed by atoms with Gasteiger partial charge in [0.15, 0.2) is 0 Å². The van der Waals surface area contributed by atoms with E-state index in [2.05, 4.69) is 0 Å². The second kappa shape index (κ2) is 4.61. The number of hydrogen-bond acceptors (Lipinski definition) is 2. The van der Waals surface area contributed by atoms with Gasteiger partial charge in [-0.15, -0.1) is 11.6 Å². The van der Waals surface area contributed by atoms with Crippen molar-refractivity contribution in [3.05, 3.63) is 35.9 Å². The third-order valence-electron chi connectivity index (χ3n) is 2.05. The predicted octanol–water partition coefficient (Wildman–Crippen LogP) is 2.37. The molecule has 0 spiro atoms. The van der Waals surface area contributed by atoms with E-state index in [4.69, 9.17) is 21.1 Å². The number of hydrogen-bond donors (Lipinski definition) is 0. The van der Waals surface area contributed by atoms with Crippen LogP contribution in [-0.2, 0) is 15.3 Å². The van der Waals surface area contributed by atoms with Gasteiger partial charge in [-0.2, -0.15) is 0 Å². The number of benzene rings is 1. The molecule has 1 aromatic carbocycles. The van der Waals surface area contributed by atoms with Crippen LogP contribution in [0.25, 0.3) is 0 Å². The molecule has 0 bridgehead atoms. The maximum atomic E-state index is 5.81. The monoisotopic (exact) mass is 200 g/mol. The van der Waals surface area contributed by atoms with E-state index in [1.165, 1.54) is 0 Å². The van der Waals surface area contributed by atoms with Crippen LogP contribution in [0.15, 0.2) is 30.3 Å². The van der Waals surface area contributed by atoms with E-state index in [0.717, 1.165) is 5.56 Å². The van der Waals surface area contributed by atoms with Gasteiger partial charge < -0.3 is 9.47 Å². The Labute approximate surface area is 83.4 Å². The fourth-order valence-electron chi connectivity index (χ4n) is 1.20. The molecule has 0 aliphatic rings. The number of rotatable bonds is 4. The first-order valence-electron chi connectivity index (χ1n) is 4.01. The van der Waals surface area contributed by atoms with Crippen molar-refractivity contribution in [1.29, 1.82) is 0 Å². The summed E-state index contributed by atoms with van der Waals surface area (Å²) >= 11 is 5.81. The van der Waals surface area contributed by atoms with E-state index in [-0.39, 0.29) is 5.88 Å². The van der Waals surface area contributed by atoms with E-state index in [1.807, 2.05) is 30.3 Å². The van der Waals surface area contributed by atoms with Crippen LogP contribution in [0, 0.1) is 0 Å². The van der Waals surface area contributed by atoms with Crippen LogP contribution in [0.2, 0.25) is 0 Å². The molecule has 0 aliphatic heterocycles. The van der Waals surface area contributed by atoms with Crippen LogP contribution in [0.5, 0.6) is 0 Å². The maximum Gasteiger partial charge on any atom is 0.208 e. The van der Waals surface area contributed by atoms with Gasteiger partial charge in [0.1, 0.15) is 0 Å². The molecule has 0 heterocycles. The molecule has 0 saturated carbocycles. The summed E-state index contributed by atoms with van der Waals surface area (Å²) in [5.41, 5.74) is 0.926. The van der Waals surface area contributed by atoms with Crippen LogP contribution in [0.1, 0.15) is 5.56 Å². The lowest BCUT2D eigenvalue weighted by Crippen LogP contribution is -2.32. The highest BCUT2D eigenvalue weighted by Crippen LogP contribution is 2.26. The Kier molecular flexibility index (Phi) is 3.72. The zero-order valence-corrected chi connectivity index (χ0v) is 8.54. The van der Waals surface area contributed by atoms with E-state index < -0.39 is 5.79 Å². The third kappa shape index (κ3) is 2.02. The van der Waals surface area contributed by atoms with Crippen LogP contribution >= 0.6 is 11.6 Å². The quantitative estimate of drug-likeness (QED) is 0.549. The largest absolute Gasteiger partial charge is 0.348 e. The summed E-state index contributed by atoms with van der Waals surface area (Å²) < 4.78 is 10.5. The molecule has 0 aromatic heterocycles. The Balaban J connectivity index is 3.01. The average Bonchev–Trinajstić information content (AvgIpc) is 2.23. The topological polar surface area (TPSA) is 18.5 Å². The average molecular weight is 201 g/mol. The molecule has 72 valence electrons. The standard InChI is InChI=1S/C10H13ClO2/c1-12-10(8-11,13-2)9-6-4-3-5-7-9/h3-7H,8H2,1-2H3. The summed E-state index contributed by atoms with van der Waals surface area (Å²) in [7, 11) is 3.16. The molecule has 1 rings (SSSR count). The number of halogens is 1. The molecule has 1 aromatic rings. The molecule has 0 fully saturated rings. The molecule has 0 atom stereocenters. The molecule has 0 N–H and O–H groups in total. The van der Waals surface area contributed by atoms with Crippen molar-refractivity contribution in [2.24, 2.45) is 0 Å². The molecular formula is C10H13ClO2. The molecule has 0 radical (unpaired) electrons. The van der Waals surface area contributed by atoms with Crippen molar-refractivity contribution in [3.8, 4) is 0 Å². The summed E-state index contributed by atoms with van der Waals surface area (Å²) in [4.78, 5) is 0. The summed E-state index contributed by atoms with van der Waals surface area (Å²) in [5, 5.41) is 0. The minimum absolute atomic E-state index is 0.268. The van der Waals surface area contributed by atoms with Gasteiger partial charge in [0.2, 0.25) is 5.79 Å². The highest BCUT2D eigenvalue weighted by molar-refractivity contribution is 6.18. The van der Waals surface area contributed by atoms with E-state index in [9.17, 15) is 0 Å². The molecule has 0 amide bonds. The van der Waals surface area contributed by atoms with E-state index >= 15 is 0 Å². The maximum absolute atomic E-state index is 5.81. The Morgan fingerprint density at radius 1 is 1.15 bits per heavy atom. The second-order valence-electron chi connectivity index (χ2n) is 2.66. The van der Waals surface area contributed by atoms with Crippen molar-refractivity contribution in [2.75, 3.05) is 20.1 Å². The Hall–Kier alpha value is -0.570. The second-order valence-corrected chi connectivity index (χ2v) is 2.93. The lowest BCUT2D eigenvalue weighted by atomic mass is 10.1. The van der Waals surface area contributed by atoms with Crippen LogP contribution in [-0.4, -0.2) is 20.1 Å². The zero-order chi connectivity index (χ0) is 9.73. The summed E-state index contributed by atoms with van der Waals surface area (Å²) in [5.74, 6) is -0.549. The molecule has 13 heavy (non-hydrogen) atoms. The van der Waals surface area contributed by atoms with Gasteiger partial charge in [0, 0.05) is 19.8 Å². The van der Waals surface area contributed by atoms with Gasteiger partial charge in [-0.05, 0) is 0 Å². The van der Waals surface area contributed by atoms with Gasteiger partial charge in [0.05, 0.1) is 5.88 Å². The van der Waals surface area contributed by atoms with Crippen molar-refractivity contribution in [3.63, 3.8) is 0 Å². The Morgan fingerprint density at radius 2 is 1.69 bits per heavy atom. The third-order valence-corrected chi connectivity index (χ3v) is 2.40. The van der Waals surface area contributed by atoms with Crippen molar-refractivity contribution in [2.45, 2.75) is 5.79 Å². The van der Waals surface area contributed by atoms with Crippen molar-refractivity contribution in [1.82, 2.24) is 0 Å². The van der Waals surface area contributed by atoms with Gasteiger partial charge in [-0.3, -0.25) is 0 Å². The fourth-order valence-corrected chi connectivity index (χ4v) is 1.57. The van der Waals surface area contributed by atoms with Crippen LogP contribution in [0.3, 0.4) is 0 Å². The van der Waals surface area contributed by atoms with E-state index in [0.29, 0.717) is 0 Å². The number of methoxy groups -OCH3 is 2. The van der Waals surface area contributed by atoms with E-state index in [1.54, 1.807) is 14.2 Å². The summed E-state index contributed by atoms with van der Waals surface area (Å²) in [6, 6.07) is 9.64. The summed E-state index contributed by atoms with van der Waals surface area (Å²) in [6.07, 6.45) is 0. The first-order valence-corrected chi connectivity index (χ1v) is 4.54. The van der Waals surface area contributed by atoms with Crippen molar-refractivity contribution >= 4 is 11.6 Å². The smallest absolute Gasteiger partial charge is 0.208 e. The number of ether oxygens (including phenoxy) is 2. The molecule has 2 nitrogen and oxygen atoms in total. The van der Waals surface area contributed by atoms with Crippen LogP contribution < -0.4 is 0 Å². The zero-order valence-electron chi connectivity index (χ0n) is 7.79. The highest BCUT2D eigenvalue weighted by Gasteiger charge is 2.30. The van der Waals surface area contributed by atoms with Crippen molar-refractivity contribution < 1.29 is 9.47 Å². The predicted molar refractivity (Wildman–Crippen MR) is 52.9 cm³/mol. The molecular weight excluding hydrogens is 188 g/mol.